The summed E-state index contributed by atoms with van der Waals surface area (Å²) >= 11 is 0. The van der Waals surface area contributed by atoms with Gasteiger partial charge in [0, 0.05) is 25.5 Å². The van der Waals surface area contributed by atoms with E-state index < -0.39 is 0 Å². The van der Waals surface area contributed by atoms with E-state index in [2.05, 4.69) is 97.8 Å². The van der Waals surface area contributed by atoms with Crippen molar-refractivity contribution >= 4 is 45.3 Å². The SMILES string of the molecule is CCOc1nc(Nc2cnn(C3CCN(C)C3)c2C)nc2[nH]ccc12.CCOc1nc(Nc2cnn(C3CCN(C)C3)c2C)nc2[nH]ccc12. The first-order chi connectivity index (χ1) is 24.3. The van der Waals surface area contributed by atoms with Crippen LogP contribution in [-0.4, -0.2) is 113 Å². The molecule has 2 unspecified atom stereocenters. The number of fused-ring (bicyclic) bond motifs is 2. The molecule has 0 aliphatic carbocycles. The Balaban J connectivity index is 0.000000157. The Morgan fingerprint density at radius 1 is 0.700 bits per heavy atom. The molecule has 16 heteroatoms. The van der Waals surface area contributed by atoms with Crippen LogP contribution < -0.4 is 20.1 Å². The third kappa shape index (κ3) is 6.80. The summed E-state index contributed by atoms with van der Waals surface area (Å²) in [6, 6.07) is 4.69. The Labute approximate surface area is 290 Å². The number of hydrogen-bond acceptors (Lipinski definition) is 12. The fraction of sp³-hybridized carbons (Fsp3) is 0.471. The lowest BCUT2D eigenvalue weighted by Gasteiger charge is -2.14. The second kappa shape index (κ2) is 14.3. The molecule has 16 nitrogen and oxygen atoms in total. The number of nitrogens with zero attached hydrogens (tertiary/aromatic N) is 10. The molecule has 8 heterocycles. The molecule has 50 heavy (non-hydrogen) atoms. The zero-order chi connectivity index (χ0) is 34.8. The summed E-state index contributed by atoms with van der Waals surface area (Å²) in [5.41, 5.74) is 5.53. The highest BCUT2D eigenvalue weighted by Crippen LogP contribution is 2.30. The molecule has 0 radical (unpaired) electrons. The number of nitrogens with one attached hydrogen (secondary N) is 4. The van der Waals surface area contributed by atoms with Gasteiger partial charge in [0.25, 0.3) is 0 Å². The monoisotopic (exact) mass is 682 g/mol. The van der Waals surface area contributed by atoms with E-state index in [4.69, 9.17) is 9.47 Å². The highest BCUT2D eigenvalue weighted by molar-refractivity contribution is 5.83. The van der Waals surface area contributed by atoms with Crippen LogP contribution in [0.25, 0.3) is 22.1 Å². The maximum Gasteiger partial charge on any atom is 0.232 e. The van der Waals surface area contributed by atoms with E-state index in [0.29, 0.717) is 49.0 Å². The molecular weight excluding hydrogens is 636 g/mol. The summed E-state index contributed by atoms with van der Waals surface area (Å²) in [6.07, 6.45) is 9.61. The summed E-state index contributed by atoms with van der Waals surface area (Å²) in [5, 5.41) is 17.5. The topological polar surface area (TPSA) is 168 Å². The minimum absolute atomic E-state index is 0.423. The Morgan fingerprint density at radius 3 is 1.52 bits per heavy atom. The zero-order valence-corrected chi connectivity index (χ0v) is 29.6. The number of anilines is 4. The number of H-pyrrole nitrogens is 2. The van der Waals surface area contributed by atoms with Crippen LogP contribution in [0.4, 0.5) is 23.3 Å². The standard InChI is InChI=1S/2C17H23N7O/c2*1-4-25-16-13-5-7-18-15(13)21-17(22-16)20-14-9-19-24(11(14)2)12-6-8-23(3)10-12/h2*5,7,9,12H,4,6,8,10H2,1-3H3,(H2,18,20,21,22). The van der Waals surface area contributed by atoms with E-state index in [0.717, 1.165) is 83.9 Å². The first-order valence-electron chi connectivity index (χ1n) is 17.3. The van der Waals surface area contributed by atoms with Gasteiger partial charge in [-0.1, -0.05) is 0 Å². The second-order valence-electron chi connectivity index (χ2n) is 12.9. The lowest BCUT2D eigenvalue weighted by Crippen LogP contribution is -2.18. The minimum atomic E-state index is 0.423. The first kappa shape index (κ1) is 33.3. The van der Waals surface area contributed by atoms with E-state index >= 15 is 0 Å². The van der Waals surface area contributed by atoms with Crippen molar-refractivity contribution in [2.45, 2.75) is 52.6 Å². The van der Waals surface area contributed by atoms with Gasteiger partial charge in [-0.05, 0) is 79.9 Å². The number of aromatic amines is 2. The van der Waals surface area contributed by atoms with Gasteiger partial charge in [-0.2, -0.15) is 30.1 Å². The largest absolute Gasteiger partial charge is 0.477 e. The molecule has 264 valence electrons. The zero-order valence-electron chi connectivity index (χ0n) is 29.6. The summed E-state index contributed by atoms with van der Waals surface area (Å²) < 4.78 is 15.5. The van der Waals surface area contributed by atoms with Crippen molar-refractivity contribution < 1.29 is 9.47 Å². The van der Waals surface area contributed by atoms with Gasteiger partial charge in [-0.15, -0.1) is 0 Å². The van der Waals surface area contributed by atoms with E-state index in [1.807, 2.05) is 50.8 Å². The normalized spacial score (nSPS) is 18.1. The molecule has 2 atom stereocenters. The molecule has 6 aromatic rings. The quantitative estimate of drug-likeness (QED) is 0.154. The van der Waals surface area contributed by atoms with E-state index in [1.165, 1.54) is 0 Å². The smallest absolute Gasteiger partial charge is 0.232 e. The highest BCUT2D eigenvalue weighted by Gasteiger charge is 2.25. The van der Waals surface area contributed by atoms with Crippen molar-refractivity contribution in [2.75, 3.05) is 64.1 Å². The first-order valence-corrected chi connectivity index (χ1v) is 17.3. The predicted octanol–water partition coefficient (Wildman–Crippen LogP) is 4.96. The average molecular weight is 683 g/mol. The van der Waals surface area contributed by atoms with Crippen molar-refractivity contribution in [3.63, 3.8) is 0 Å². The second-order valence-corrected chi connectivity index (χ2v) is 12.9. The molecule has 2 saturated heterocycles. The van der Waals surface area contributed by atoms with Gasteiger partial charge < -0.3 is 39.9 Å². The van der Waals surface area contributed by atoms with E-state index in [-0.39, 0.29) is 0 Å². The Hall–Kier alpha value is -5.22. The summed E-state index contributed by atoms with van der Waals surface area (Å²) in [6.45, 7) is 13.4. The van der Waals surface area contributed by atoms with Crippen LogP contribution >= 0.6 is 0 Å². The van der Waals surface area contributed by atoms with Gasteiger partial charge in [-0.25, -0.2) is 0 Å². The van der Waals surface area contributed by atoms with Crippen LogP contribution in [0.2, 0.25) is 0 Å². The van der Waals surface area contributed by atoms with Gasteiger partial charge >= 0.3 is 0 Å². The predicted molar refractivity (Wildman–Crippen MR) is 193 cm³/mol. The number of rotatable bonds is 10. The summed E-state index contributed by atoms with van der Waals surface area (Å²) in [5.74, 6) is 2.17. The van der Waals surface area contributed by atoms with Crippen LogP contribution in [0.5, 0.6) is 11.8 Å². The molecule has 0 spiro atoms. The molecule has 0 aromatic carbocycles. The van der Waals surface area contributed by atoms with Gasteiger partial charge in [-0.3, -0.25) is 9.36 Å². The van der Waals surface area contributed by atoms with Crippen molar-refractivity contribution in [1.29, 1.82) is 0 Å². The van der Waals surface area contributed by atoms with Gasteiger partial charge in [0.2, 0.25) is 23.7 Å². The fourth-order valence-electron chi connectivity index (χ4n) is 6.72. The Morgan fingerprint density at radius 2 is 1.14 bits per heavy atom. The fourth-order valence-corrected chi connectivity index (χ4v) is 6.72. The number of ether oxygens (including phenoxy) is 2. The van der Waals surface area contributed by atoms with Gasteiger partial charge in [0.15, 0.2) is 0 Å². The van der Waals surface area contributed by atoms with Crippen LogP contribution in [0.15, 0.2) is 36.9 Å². The summed E-state index contributed by atoms with van der Waals surface area (Å²) in [4.78, 5) is 29.0. The van der Waals surface area contributed by atoms with Crippen LogP contribution in [0.1, 0.15) is 50.2 Å². The maximum absolute atomic E-state index is 5.65. The lowest BCUT2D eigenvalue weighted by atomic mass is 10.2. The van der Waals surface area contributed by atoms with Gasteiger partial charge in [0.05, 0.1) is 71.2 Å². The number of hydrogen-bond donors (Lipinski definition) is 4. The number of aromatic nitrogens is 10. The Bertz CT molecular complexity index is 1920. The molecule has 8 rings (SSSR count). The van der Waals surface area contributed by atoms with E-state index in [1.54, 1.807) is 0 Å². The number of likely N-dealkylation sites (tertiary alicyclic amines) is 2. The van der Waals surface area contributed by atoms with Crippen molar-refractivity contribution in [3.8, 4) is 11.8 Å². The molecular formula is C34H46N14O2. The van der Waals surface area contributed by atoms with Crippen LogP contribution in [0.3, 0.4) is 0 Å². The molecule has 0 bridgehead atoms. The van der Waals surface area contributed by atoms with Gasteiger partial charge in [0.1, 0.15) is 11.3 Å². The van der Waals surface area contributed by atoms with Crippen molar-refractivity contribution in [2.24, 2.45) is 0 Å². The number of likely N-dealkylation sites (N-methyl/N-ethyl adjacent to an activating group) is 2. The lowest BCUT2D eigenvalue weighted by molar-refractivity contribution is 0.331. The molecule has 4 N–H and O–H groups in total. The molecule has 6 aromatic heterocycles. The molecule has 0 saturated carbocycles. The minimum Gasteiger partial charge on any atom is -0.477 e. The molecule has 2 fully saturated rings. The van der Waals surface area contributed by atoms with Crippen LogP contribution in [0, 0.1) is 13.8 Å². The van der Waals surface area contributed by atoms with Crippen molar-refractivity contribution in [1.82, 2.24) is 59.3 Å². The Kier molecular flexibility index (Phi) is 9.54. The molecule has 0 amide bonds. The highest BCUT2D eigenvalue weighted by atomic mass is 16.5. The third-order valence-electron chi connectivity index (χ3n) is 9.33. The molecule has 2 aliphatic heterocycles. The molecule has 2 aliphatic rings. The third-order valence-corrected chi connectivity index (χ3v) is 9.33. The van der Waals surface area contributed by atoms with E-state index in [9.17, 15) is 0 Å². The maximum atomic E-state index is 5.65. The van der Waals surface area contributed by atoms with Crippen molar-refractivity contribution in [3.05, 3.63) is 48.3 Å². The average Bonchev–Trinajstić information content (AvgIpc) is 3.95. The van der Waals surface area contributed by atoms with Crippen LogP contribution in [-0.2, 0) is 0 Å². The summed E-state index contributed by atoms with van der Waals surface area (Å²) in [7, 11) is 4.29.